The predicted octanol–water partition coefficient (Wildman–Crippen LogP) is 2.56. The summed E-state index contributed by atoms with van der Waals surface area (Å²) < 4.78 is 28.0. The van der Waals surface area contributed by atoms with Crippen molar-refractivity contribution in [2.24, 2.45) is 0 Å². The number of para-hydroxylation sites is 1. The van der Waals surface area contributed by atoms with E-state index < -0.39 is 23.6 Å². The molecule has 2 heterocycles. The van der Waals surface area contributed by atoms with E-state index in [9.17, 15) is 13.6 Å². The third-order valence-corrected chi connectivity index (χ3v) is 4.27. The van der Waals surface area contributed by atoms with E-state index in [4.69, 9.17) is 0 Å². The molecule has 0 saturated carbocycles. The summed E-state index contributed by atoms with van der Waals surface area (Å²) in [5.41, 5.74) is -0.320. The summed E-state index contributed by atoms with van der Waals surface area (Å²) in [6, 6.07) is 2.88. The van der Waals surface area contributed by atoms with Crippen molar-refractivity contribution in [1.29, 1.82) is 0 Å². The molecule has 0 spiro atoms. The van der Waals surface area contributed by atoms with Gasteiger partial charge in [0.15, 0.2) is 0 Å². The molecule has 1 unspecified atom stereocenters. The average molecular weight is 376 g/mol. The molecule has 9 heteroatoms. The zero-order valence-corrected chi connectivity index (χ0v) is 15.7. The Hall–Kier alpha value is -2.84. The second kappa shape index (κ2) is 7.42. The molecular weight excluding hydrogens is 354 g/mol. The van der Waals surface area contributed by atoms with Gasteiger partial charge in [0.1, 0.15) is 29.2 Å². The Kier molecular flexibility index (Phi) is 5.20. The normalized spacial score (nSPS) is 16.9. The molecule has 1 aliphatic rings. The van der Waals surface area contributed by atoms with Crippen molar-refractivity contribution in [2.75, 3.05) is 35.8 Å². The van der Waals surface area contributed by atoms with Crippen molar-refractivity contribution < 1.29 is 13.6 Å². The number of amides is 1. The van der Waals surface area contributed by atoms with Gasteiger partial charge in [-0.2, -0.15) is 15.0 Å². The minimum atomic E-state index is -0.763. The van der Waals surface area contributed by atoms with Crippen LogP contribution in [0.4, 0.5) is 26.4 Å². The van der Waals surface area contributed by atoms with Crippen molar-refractivity contribution in [3.8, 4) is 0 Å². The van der Waals surface area contributed by atoms with Gasteiger partial charge in [-0.3, -0.25) is 4.79 Å². The molecule has 0 aliphatic carbocycles. The summed E-state index contributed by atoms with van der Waals surface area (Å²) in [6.45, 7) is 4.13. The molecule has 1 atom stereocenters. The Bertz CT molecular complexity index is 811. The Morgan fingerprint density at radius 1 is 1.19 bits per heavy atom. The third kappa shape index (κ3) is 3.81. The number of benzene rings is 1. The van der Waals surface area contributed by atoms with Crippen molar-refractivity contribution in [1.82, 2.24) is 15.0 Å². The van der Waals surface area contributed by atoms with Crippen LogP contribution in [0.3, 0.4) is 0 Å². The molecule has 1 aromatic heterocycles. The van der Waals surface area contributed by atoms with Crippen LogP contribution in [0.25, 0.3) is 0 Å². The standard InChI is InChI=1S/C18H22F2N6O/c1-10(2)15-22-17(24-18(23-15)25(3)4)21-13-8-9-26(16(13)27)14-11(19)6-5-7-12(14)20/h5-7,10,13H,8-9H2,1-4H3,(H,21,22,23,24). The number of nitrogens with one attached hydrogen (secondary N) is 1. The van der Waals surface area contributed by atoms with Crippen molar-refractivity contribution in [2.45, 2.75) is 32.2 Å². The molecule has 1 N–H and O–H groups in total. The van der Waals surface area contributed by atoms with Gasteiger partial charge in [-0.15, -0.1) is 0 Å². The maximum atomic E-state index is 14.0. The molecular formula is C18H22F2N6O. The molecule has 0 radical (unpaired) electrons. The molecule has 1 amide bonds. The Morgan fingerprint density at radius 3 is 2.44 bits per heavy atom. The van der Waals surface area contributed by atoms with Crippen LogP contribution in [0.1, 0.15) is 32.0 Å². The number of aromatic nitrogens is 3. The van der Waals surface area contributed by atoms with E-state index in [1.54, 1.807) is 4.90 Å². The van der Waals surface area contributed by atoms with Gasteiger partial charge in [-0.25, -0.2) is 8.78 Å². The zero-order chi connectivity index (χ0) is 19.7. The van der Waals surface area contributed by atoms with E-state index in [-0.39, 0.29) is 24.1 Å². The van der Waals surface area contributed by atoms with Crippen LogP contribution < -0.4 is 15.1 Å². The zero-order valence-electron chi connectivity index (χ0n) is 15.7. The van der Waals surface area contributed by atoms with Gasteiger partial charge in [0.25, 0.3) is 0 Å². The third-order valence-electron chi connectivity index (χ3n) is 4.27. The van der Waals surface area contributed by atoms with Crippen LogP contribution in [0.15, 0.2) is 18.2 Å². The van der Waals surface area contributed by atoms with E-state index >= 15 is 0 Å². The van der Waals surface area contributed by atoms with Gasteiger partial charge in [0.2, 0.25) is 17.8 Å². The van der Waals surface area contributed by atoms with Gasteiger partial charge < -0.3 is 15.1 Å². The monoisotopic (exact) mass is 376 g/mol. The highest BCUT2D eigenvalue weighted by molar-refractivity contribution is 6.01. The first kappa shape index (κ1) is 18.9. The second-order valence-corrected chi connectivity index (χ2v) is 6.91. The minimum absolute atomic E-state index is 0.0792. The second-order valence-electron chi connectivity index (χ2n) is 6.91. The highest BCUT2D eigenvalue weighted by Crippen LogP contribution is 2.28. The first-order valence-corrected chi connectivity index (χ1v) is 8.73. The Balaban J connectivity index is 1.84. The van der Waals surface area contributed by atoms with Gasteiger partial charge in [-0.05, 0) is 18.6 Å². The van der Waals surface area contributed by atoms with Crippen molar-refractivity contribution >= 4 is 23.5 Å². The molecule has 3 rings (SSSR count). The Labute approximate surface area is 156 Å². The largest absolute Gasteiger partial charge is 0.347 e. The van der Waals surface area contributed by atoms with Crippen LogP contribution in [-0.2, 0) is 4.79 Å². The van der Waals surface area contributed by atoms with Gasteiger partial charge in [0, 0.05) is 26.6 Å². The van der Waals surface area contributed by atoms with Crippen LogP contribution >= 0.6 is 0 Å². The lowest BCUT2D eigenvalue weighted by Gasteiger charge is -2.19. The summed E-state index contributed by atoms with van der Waals surface area (Å²) in [4.78, 5) is 28.6. The fraction of sp³-hybridized carbons (Fsp3) is 0.444. The summed E-state index contributed by atoms with van der Waals surface area (Å²) in [5.74, 6) is -0.529. The number of carbonyl (C=O) groups excluding carboxylic acids is 1. The molecule has 1 aliphatic heterocycles. The predicted molar refractivity (Wildman–Crippen MR) is 99.0 cm³/mol. The van der Waals surface area contributed by atoms with E-state index in [0.717, 1.165) is 17.0 Å². The SMILES string of the molecule is CC(C)c1nc(NC2CCN(c3c(F)cccc3F)C2=O)nc(N(C)C)n1. The molecule has 27 heavy (non-hydrogen) atoms. The quantitative estimate of drug-likeness (QED) is 0.865. The summed E-state index contributed by atoms with van der Waals surface area (Å²) in [7, 11) is 3.62. The first-order chi connectivity index (χ1) is 12.8. The number of nitrogens with zero attached hydrogens (tertiary/aromatic N) is 5. The Morgan fingerprint density at radius 2 is 1.85 bits per heavy atom. The molecule has 7 nitrogen and oxygen atoms in total. The number of anilines is 3. The highest BCUT2D eigenvalue weighted by Gasteiger charge is 2.36. The smallest absolute Gasteiger partial charge is 0.249 e. The average Bonchev–Trinajstić information content (AvgIpc) is 2.95. The summed E-state index contributed by atoms with van der Waals surface area (Å²) in [5, 5.41) is 2.99. The molecule has 2 aromatic rings. The maximum Gasteiger partial charge on any atom is 0.249 e. The first-order valence-electron chi connectivity index (χ1n) is 8.73. The fourth-order valence-electron chi connectivity index (χ4n) is 2.84. The van der Waals surface area contributed by atoms with Crippen LogP contribution in [0.2, 0.25) is 0 Å². The van der Waals surface area contributed by atoms with Crippen molar-refractivity contribution in [3.63, 3.8) is 0 Å². The number of halogens is 2. The van der Waals surface area contributed by atoms with Crippen LogP contribution in [0, 0.1) is 11.6 Å². The lowest BCUT2D eigenvalue weighted by molar-refractivity contribution is -0.117. The molecule has 1 fully saturated rings. The van der Waals surface area contributed by atoms with Crippen molar-refractivity contribution in [3.05, 3.63) is 35.7 Å². The summed E-state index contributed by atoms with van der Waals surface area (Å²) in [6.07, 6.45) is 0.382. The number of rotatable bonds is 5. The van der Waals surface area contributed by atoms with Crippen LogP contribution in [0.5, 0.6) is 0 Å². The number of hydrogen-bond acceptors (Lipinski definition) is 6. The lowest BCUT2D eigenvalue weighted by atomic mass is 10.2. The molecule has 1 saturated heterocycles. The minimum Gasteiger partial charge on any atom is -0.347 e. The van der Waals surface area contributed by atoms with E-state index in [2.05, 4.69) is 20.3 Å². The number of hydrogen-bond donors (Lipinski definition) is 1. The summed E-state index contributed by atoms with van der Waals surface area (Å²) >= 11 is 0. The van der Waals surface area contributed by atoms with Gasteiger partial charge in [-0.1, -0.05) is 19.9 Å². The van der Waals surface area contributed by atoms with Crippen LogP contribution in [-0.4, -0.2) is 47.5 Å². The highest BCUT2D eigenvalue weighted by atomic mass is 19.1. The fourth-order valence-corrected chi connectivity index (χ4v) is 2.84. The van der Waals surface area contributed by atoms with E-state index in [1.807, 2.05) is 27.9 Å². The maximum absolute atomic E-state index is 14.0. The van der Waals surface area contributed by atoms with E-state index in [1.165, 1.54) is 6.07 Å². The molecule has 0 bridgehead atoms. The number of carbonyl (C=O) groups is 1. The topological polar surface area (TPSA) is 74.2 Å². The van der Waals surface area contributed by atoms with Gasteiger partial charge >= 0.3 is 0 Å². The molecule has 1 aromatic carbocycles. The molecule has 144 valence electrons. The van der Waals surface area contributed by atoms with Gasteiger partial charge in [0.05, 0.1) is 0 Å². The van der Waals surface area contributed by atoms with E-state index in [0.29, 0.717) is 18.2 Å². The lowest BCUT2D eigenvalue weighted by Crippen LogP contribution is -2.35.